The monoisotopic (exact) mass is 822 g/mol. The van der Waals surface area contributed by atoms with Gasteiger partial charge in [-0.05, 0) is 63.2 Å². The van der Waals surface area contributed by atoms with E-state index in [0.717, 1.165) is 61.8 Å². The van der Waals surface area contributed by atoms with Crippen molar-refractivity contribution in [2.45, 2.75) is 69.4 Å². The van der Waals surface area contributed by atoms with Crippen molar-refractivity contribution < 1.29 is 42.3 Å². The minimum atomic E-state index is -1.55. The van der Waals surface area contributed by atoms with E-state index >= 15 is 4.39 Å². The highest BCUT2D eigenvalue weighted by molar-refractivity contribution is 5.53. The number of ether oxygens (including phenoxy) is 8. The van der Waals surface area contributed by atoms with E-state index in [-0.39, 0.29) is 25.7 Å². The largest absolute Gasteiger partial charge is 0.492 e. The second kappa shape index (κ2) is 19.9. The Balaban J connectivity index is 1.08. The quantitative estimate of drug-likeness (QED) is 0.0901. The second-order valence-corrected chi connectivity index (χ2v) is 15.8. The summed E-state index contributed by atoms with van der Waals surface area (Å²) in [6.07, 6.45) is -4.47. The van der Waals surface area contributed by atoms with Crippen molar-refractivity contribution in [3.63, 3.8) is 0 Å². The first-order valence-corrected chi connectivity index (χ1v) is 21.2. The summed E-state index contributed by atoms with van der Waals surface area (Å²) in [5.41, 5.74) is 7.87. The maximum absolute atomic E-state index is 17.2. The number of hydrogen-bond donors (Lipinski definition) is 0. The fourth-order valence-electron chi connectivity index (χ4n) is 8.31. The van der Waals surface area contributed by atoms with E-state index in [1.807, 2.05) is 121 Å². The first-order chi connectivity index (χ1) is 30.1. The van der Waals surface area contributed by atoms with Gasteiger partial charge in [0.15, 0.2) is 17.7 Å². The van der Waals surface area contributed by atoms with Gasteiger partial charge in [0.1, 0.15) is 43.4 Å². The lowest BCUT2D eigenvalue weighted by Crippen LogP contribution is -2.55. The van der Waals surface area contributed by atoms with Gasteiger partial charge in [0, 0.05) is 17.9 Å². The third kappa shape index (κ3) is 10.2. The Hall–Kier alpha value is -5.55. The molecule has 6 aromatic rings. The Morgan fingerprint density at radius 1 is 0.525 bits per heavy atom. The third-order valence-electron chi connectivity index (χ3n) is 11.4. The summed E-state index contributed by atoms with van der Waals surface area (Å²) in [6, 6.07) is 50.1. The minimum Gasteiger partial charge on any atom is -0.492 e. The molecule has 0 aliphatic carbocycles. The summed E-state index contributed by atoms with van der Waals surface area (Å²) >= 11 is 0. The highest BCUT2D eigenvalue weighted by Crippen LogP contribution is 2.45. The Labute approximate surface area is 357 Å². The van der Waals surface area contributed by atoms with Crippen LogP contribution in [0.5, 0.6) is 17.2 Å². The molecule has 1 unspecified atom stereocenters. The zero-order chi connectivity index (χ0) is 41.2. The summed E-state index contributed by atoms with van der Waals surface area (Å²) in [6.45, 7) is 3.22. The molecule has 9 heteroatoms. The van der Waals surface area contributed by atoms with Crippen molar-refractivity contribution in [3.05, 3.63) is 196 Å². The molecular formula is C52H51FO8. The van der Waals surface area contributed by atoms with Crippen LogP contribution in [0.15, 0.2) is 152 Å². The topological polar surface area (TPSA) is 73.8 Å². The predicted octanol–water partition coefficient (Wildman–Crippen LogP) is 9.91. The molecular weight excluding hydrogens is 772 g/mol. The Morgan fingerprint density at radius 2 is 1.08 bits per heavy atom. The van der Waals surface area contributed by atoms with Gasteiger partial charge < -0.3 is 37.9 Å². The molecule has 314 valence electrons. The third-order valence-corrected chi connectivity index (χ3v) is 11.4. The van der Waals surface area contributed by atoms with E-state index in [2.05, 4.69) is 30.3 Å². The first-order valence-electron chi connectivity index (χ1n) is 21.2. The molecule has 0 aromatic heterocycles. The van der Waals surface area contributed by atoms with Gasteiger partial charge in [-0.2, -0.15) is 0 Å². The van der Waals surface area contributed by atoms with Crippen molar-refractivity contribution in [1.82, 2.24) is 0 Å². The van der Waals surface area contributed by atoms with Gasteiger partial charge in [-0.3, -0.25) is 0 Å². The molecule has 6 aromatic carbocycles. The molecule has 9 rings (SSSR count). The van der Waals surface area contributed by atoms with E-state index in [0.29, 0.717) is 46.1 Å². The summed E-state index contributed by atoms with van der Waals surface area (Å²) in [4.78, 5) is 0. The molecule has 6 atom stereocenters. The normalized spacial score (nSPS) is 21.7. The zero-order valence-corrected chi connectivity index (χ0v) is 34.1. The van der Waals surface area contributed by atoms with Gasteiger partial charge >= 0.3 is 0 Å². The molecule has 1 fully saturated rings. The van der Waals surface area contributed by atoms with Crippen LogP contribution < -0.4 is 14.2 Å². The van der Waals surface area contributed by atoms with E-state index in [1.165, 1.54) is 0 Å². The van der Waals surface area contributed by atoms with Crippen molar-refractivity contribution in [3.8, 4) is 17.2 Å². The highest BCUT2D eigenvalue weighted by atomic mass is 19.1. The summed E-state index contributed by atoms with van der Waals surface area (Å²) in [5.74, 6) is 2.24. The van der Waals surface area contributed by atoms with E-state index in [9.17, 15) is 0 Å². The highest BCUT2D eigenvalue weighted by Gasteiger charge is 2.49. The number of halogens is 1. The smallest absolute Gasteiger partial charge is 0.161 e. The van der Waals surface area contributed by atoms with Crippen LogP contribution in [0.25, 0.3) is 0 Å². The van der Waals surface area contributed by atoms with Crippen LogP contribution in [0.4, 0.5) is 4.39 Å². The molecule has 3 aliphatic rings. The maximum atomic E-state index is 17.2. The average Bonchev–Trinajstić information content (AvgIpc) is 3.72. The van der Waals surface area contributed by atoms with Crippen molar-refractivity contribution in [2.24, 2.45) is 0 Å². The molecule has 61 heavy (non-hydrogen) atoms. The molecule has 0 amide bonds. The molecule has 1 saturated heterocycles. The van der Waals surface area contributed by atoms with Crippen molar-refractivity contribution in [2.75, 3.05) is 33.0 Å². The lowest BCUT2D eigenvalue weighted by molar-refractivity contribution is -0.248. The zero-order valence-electron chi connectivity index (χ0n) is 34.1. The predicted molar refractivity (Wildman–Crippen MR) is 230 cm³/mol. The lowest BCUT2D eigenvalue weighted by atomic mass is 9.87. The van der Waals surface area contributed by atoms with Crippen LogP contribution in [-0.4, -0.2) is 57.5 Å². The molecule has 3 heterocycles. The number of hydrogen-bond acceptors (Lipinski definition) is 8. The summed E-state index contributed by atoms with van der Waals surface area (Å²) < 4.78 is 68.4. The molecule has 3 aliphatic heterocycles. The Kier molecular flexibility index (Phi) is 13.3. The van der Waals surface area contributed by atoms with Crippen LogP contribution >= 0.6 is 0 Å². The Morgan fingerprint density at radius 3 is 1.70 bits per heavy atom. The van der Waals surface area contributed by atoms with Crippen molar-refractivity contribution >= 4 is 0 Å². The average molecular weight is 823 g/mol. The molecule has 0 bridgehead atoms. The van der Waals surface area contributed by atoms with Gasteiger partial charge in [-0.15, -0.1) is 0 Å². The number of rotatable bonds is 17. The van der Waals surface area contributed by atoms with Crippen molar-refractivity contribution in [1.29, 1.82) is 0 Å². The standard InChI is InChI=1S/C52H51FO8/c53-48-47(35-55-30-37-15-7-2-8-16-37)61-50(52(59-32-39-19-11-4-12-20-39)51(48)58-31-38-17-9-3-10-18-38)42-27-41(25-40-21-22-45-46(26-40)57-24-23-56-45)49-44(28-42)43(34-60-49)33-54-29-36-13-5-1-6-14-36/h1-22,26-28,43,47-48,50-52H,23-25,29-35H2/t43?,47-,48-,50+,51+,52+/m1/s1. The van der Waals surface area contributed by atoms with Crippen LogP contribution in [0.2, 0.25) is 0 Å². The van der Waals surface area contributed by atoms with Gasteiger partial charge in [0.25, 0.3) is 0 Å². The van der Waals surface area contributed by atoms with Crippen LogP contribution in [0, 0.1) is 0 Å². The van der Waals surface area contributed by atoms with Crippen LogP contribution in [0.1, 0.15) is 56.5 Å². The van der Waals surface area contributed by atoms with E-state index in [4.69, 9.17) is 37.9 Å². The van der Waals surface area contributed by atoms with Gasteiger partial charge in [-0.25, -0.2) is 4.39 Å². The number of alkyl halides is 1. The SMILES string of the molecule is F[C@H]1[C@H](OCc2ccccc2)[C@@H](OCc2ccccc2)[C@H](c2cc(Cc3ccc4c(c3)OCCO4)c3c(c2)C(COCc2ccccc2)CO3)O[C@@H]1COCc1ccccc1. The second-order valence-electron chi connectivity index (χ2n) is 15.8. The number of fused-ring (bicyclic) bond motifs is 2. The molecule has 0 saturated carbocycles. The van der Waals surface area contributed by atoms with Crippen LogP contribution in [-0.2, 0) is 56.5 Å². The van der Waals surface area contributed by atoms with E-state index < -0.39 is 30.6 Å². The molecule has 0 spiro atoms. The van der Waals surface area contributed by atoms with Crippen LogP contribution in [0.3, 0.4) is 0 Å². The van der Waals surface area contributed by atoms with Gasteiger partial charge in [-0.1, -0.05) is 127 Å². The summed E-state index contributed by atoms with van der Waals surface area (Å²) in [5, 5.41) is 0. The summed E-state index contributed by atoms with van der Waals surface area (Å²) in [7, 11) is 0. The molecule has 0 radical (unpaired) electrons. The molecule has 8 nitrogen and oxygen atoms in total. The maximum Gasteiger partial charge on any atom is 0.161 e. The number of benzene rings is 6. The first kappa shape index (κ1) is 40.8. The molecule has 0 N–H and O–H groups in total. The fraction of sp³-hybridized carbons (Fsp3) is 0.308. The lowest BCUT2D eigenvalue weighted by Gasteiger charge is -2.44. The van der Waals surface area contributed by atoms with Gasteiger partial charge in [0.2, 0.25) is 0 Å². The minimum absolute atomic E-state index is 0.0250. The van der Waals surface area contributed by atoms with Gasteiger partial charge in [0.05, 0.1) is 46.2 Å². The Bertz CT molecular complexity index is 2290. The van der Waals surface area contributed by atoms with E-state index in [1.54, 1.807) is 0 Å². The fourth-order valence-corrected chi connectivity index (χ4v) is 8.31.